The van der Waals surface area contributed by atoms with Gasteiger partial charge in [0, 0.05) is 35.0 Å². The summed E-state index contributed by atoms with van der Waals surface area (Å²) in [5.74, 6) is 0.555. The molecule has 0 fully saturated rings. The van der Waals surface area contributed by atoms with Gasteiger partial charge in [-0.25, -0.2) is 4.98 Å². The molecule has 0 aliphatic heterocycles. The first-order chi connectivity index (χ1) is 7.13. The van der Waals surface area contributed by atoms with Crippen LogP contribution in [0.15, 0.2) is 18.3 Å². The van der Waals surface area contributed by atoms with Gasteiger partial charge in [-0.3, -0.25) is 4.21 Å². The standard InChI is InChI=1S/C10H13N3OS/c1-8(7-15(2)14)13-9-4-3-5-12-10(9)6-11/h3-5,8,13H,7H2,1-2H3. The number of anilines is 1. The van der Waals surface area contributed by atoms with Gasteiger partial charge in [-0.15, -0.1) is 0 Å². The molecule has 1 aromatic heterocycles. The van der Waals surface area contributed by atoms with Gasteiger partial charge in [0.05, 0.1) is 5.69 Å². The van der Waals surface area contributed by atoms with E-state index in [4.69, 9.17) is 5.26 Å². The van der Waals surface area contributed by atoms with Gasteiger partial charge in [0.2, 0.25) is 0 Å². The number of aromatic nitrogens is 1. The third kappa shape index (κ3) is 3.68. The average molecular weight is 223 g/mol. The molecule has 0 bridgehead atoms. The summed E-state index contributed by atoms with van der Waals surface area (Å²) >= 11 is 0. The van der Waals surface area contributed by atoms with E-state index in [1.165, 1.54) is 0 Å². The van der Waals surface area contributed by atoms with Gasteiger partial charge < -0.3 is 5.32 Å². The molecule has 4 nitrogen and oxygen atoms in total. The highest BCUT2D eigenvalue weighted by Gasteiger charge is 2.07. The fourth-order valence-corrected chi connectivity index (χ4v) is 2.06. The van der Waals surface area contributed by atoms with E-state index in [1.54, 1.807) is 24.6 Å². The van der Waals surface area contributed by atoms with Crippen molar-refractivity contribution in [3.8, 4) is 6.07 Å². The monoisotopic (exact) mass is 223 g/mol. The summed E-state index contributed by atoms with van der Waals surface area (Å²) in [7, 11) is -0.844. The zero-order valence-electron chi connectivity index (χ0n) is 8.73. The molecule has 1 heterocycles. The summed E-state index contributed by atoms with van der Waals surface area (Å²) in [6.07, 6.45) is 3.24. The Morgan fingerprint density at radius 1 is 1.73 bits per heavy atom. The Morgan fingerprint density at radius 2 is 2.47 bits per heavy atom. The van der Waals surface area contributed by atoms with Crippen molar-refractivity contribution < 1.29 is 4.21 Å². The van der Waals surface area contributed by atoms with Crippen LogP contribution in [0.2, 0.25) is 0 Å². The van der Waals surface area contributed by atoms with Gasteiger partial charge in [-0.1, -0.05) is 0 Å². The van der Waals surface area contributed by atoms with E-state index in [0.717, 1.165) is 0 Å². The van der Waals surface area contributed by atoms with Crippen LogP contribution in [0.4, 0.5) is 5.69 Å². The zero-order chi connectivity index (χ0) is 11.3. The quantitative estimate of drug-likeness (QED) is 0.831. The Hall–Kier alpha value is -1.41. The number of nitrogens with one attached hydrogen (secondary N) is 1. The normalized spacial score (nSPS) is 13.9. The lowest BCUT2D eigenvalue weighted by Crippen LogP contribution is -2.22. The Balaban J connectivity index is 2.72. The summed E-state index contributed by atoms with van der Waals surface area (Å²) in [4.78, 5) is 3.93. The second kappa shape index (κ2) is 5.47. The van der Waals surface area contributed by atoms with Crippen LogP contribution in [0.1, 0.15) is 12.6 Å². The smallest absolute Gasteiger partial charge is 0.163 e. The molecule has 1 rings (SSSR count). The molecule has 0 aliphatic carbocycles. The minimum atomic E-state index is -0.844. The Kier molecular flexibility index (Phi) is 4.25. The van der Waals surface area contributed by atoms with Gasteiger partial charge in [0.25, 0.3) is 0 Å². The first-order valence-corrected chi connectivity index (χ1v) is 6.28. The van der Waals surface area contributed by atoms with Crippen LogP contribution in [0, 0.1) is 11.3 Å². The van der Waals surface area contributed by atoms with E-state index in [9.17, 15) is 4.21 Å². The fourth-order valence-electron chi connectivity index (χ4n) is 1.27. The predicted molar refractivity (Wildman–Crippen MR) is 61.0 cm³/mol. The van der Waals surface area contributed by atoms with Crippen LogP contribution in [-0.2, 0) is 10.8 Å². The third-order valence-corrected chi connectivity index (χ3v) is 2.77. The maximum atomic E-state index is 11.0. The number of rotatable bonds is 4. The Bertz CT molecular complexity index is 400. The van der Waals surface area contributed by atoms with Crippen molar-refractivity contribution in [3.63, 3.8) is 0 Å². The summed E-state index contributed by atoms with van der Waals surface area (Å²) in [6.45, 7) is 1.93. The summed E-state index contributed by atoms with van der Waals surface area (Å²) in [5, 5.41) is 11.9. The molecule has 5 heteroatoms. The topological polar surface area (TPSA) is 65.8 Å². The molecular formula is C10H13N3OS. The first kappa shape index (κ1) is 11.7. The molecule has 1 N–H and O–H groups in total. The van der Waals surface area contributed by atoms with Crippen LogP contribution in [0.3, 0.4) is 0 Å². The summed E-state index contributed by atoms with van der Waals surface area (Å²) in [5.41, 5.74) is 1.06. The van der Waals surface area contributed by atoms with Gasteiger partial charge in [-0.2, -0.15) is 5.26 Å². The third-order valence-electron chi connectivity index (χ3n) is 1.80. The van der Waals surface area contributed by atoms with Gasteiger partial charge in [0.1, 0.15) is 6.07 Å². The summed E-state index contributed by atoms with van der Waals surface area (Å²) < 4.78 is 11.0. The van der Waals surface area contributed by atoms with E-state index in [1.807, 2.05) is 13.0 Å². The number of pyridine rings is 1. The molecule has 80 valence electrons. The number of nitriles is 1. The lowest BCUT2D eigenvalue weighted by molar-refractivity contribution is 0.683. The largest absolute Gasteiger partial charge is 0.379 e. The van der Waals surface area contributed by atoms with Crippen molar-refractivity contribution in [1.29, 1.82) is 5.26 Å². The van der Waals surface area contributed by atoms with Gasteiger partial charge >= 0.3 is 0 Å². The zero-order valence-corrected chi connectivity index (χ0v) is 9.54. The predicted octanol–water partition coefficient (Wildman–Crippen LogP) is 1.13. The van der Waals surface area contributed by atoms with Gasteiger partial charge in [0.15, 0.2) is 5.69 Å². The second-order valence-corrected chi connectivity index (χ2v) is 4.78. The molecule has 1 aromatic rings. The van der Waals surface area contributed by atoms with E-state index in [-0.39, 0.29) is 6.04 Å². The fraction of sp³-hybridized carbons (Fsp3) is 0.400. The average Bonchev–Trinajstić information content (AvgIpc) is 2.17. The van der Waals surface area contributed by atoms with E-state index in [0.29, 0.717) is 17.1 Å². The highest BCUT2D eigenvalue weighted by atomic mass is 32.2. The minimum Gasteiger partial charge on any atom is -0.379 e. The molecule has 0 radical (unpaired) electrons. The molecule has 0 amide bonds. The van der Waals surface area contributed by atoms with E-state index < -0.39 is 10.8 Å². The molecule has 2 atom stereocenters. The minimum absolute atomic E-state index is 0.0622. The molecule has 15 heavy (non-hydrogen) atoms. The lowest BCUT2D eigenvalue weighted by Gasteiger charge is -2.14. The number of nitrogens with zero attached hydrogens (tertiary/aromatic N) is 2. The SMILES string of the molecule is CC(CS(C)=O)Nc1cccnc1C#N. The van der Waals surface area contributed by atoms with Crippen LogP contribution >= 0.6 is 0 Å². The van der Waals surface area contributed by atoms with E-state index >= 15 is 0 Å². The molecular weight excluding hydrogens is 210 g/mol. The number of hydrogen-bond donors (Lipinski definition) is 1. The molecule has 0 aliphatic rings. The van der Waals surface area contributed by atoms with Crippen LogP contribution in [0.25, 0.3) is 0 Å². The van der Waals surface area contributed by atoms with Crippen LogP contribution in [-0.4, -0.2) is 27.2 Å². The Labute approximate surface area is 91.8 Å². The molecule has 0 aromatic carbocycles. The molecule has 0 saturated heterocycles. The van der Waals surface area contributed by atoms with Crippen molar-refractivity contribution in [3.05, 3.63) is 24.0 Å². The van der Waals surface area contributed by atoms with Crippen LogP contribution in [0.5, 0.6) is 0 Å². The van der Waals surface area contributed by atoms with Crippen molar-refractivity contribution in [2.75, 3.05) is 17.3 Å². The molecule has 0 saturated carbocycles. The second-order valence-electron chi connectivity index (χ2n) is 3.30. The van der Waals surface area contributed by atoms with Crippen molar-refractivity contribution >= 4 is 16.5 Å². The Morgan fingerprint density at radius 3 is 3.07 bits per heavy atom. The number of hydrogen-bond acceptors (Lipinski definition) is 4. The van der Waals surface area contributed by atoms with Crippen molar-refractivity contribution in [2.45, 2.75) is 13.0 Å². The first-order valence-electron chi connectivity index (χ1n) is 4.55. The molecule has 2 unspecified atom stereocenters. The summed E-state index contributed by atoms with van der Waals surface area (Å²) in [6, 6.07) is 5.62. The van der Waals surface area contributed by atoms with Crippen LogP contribution < -0.4 is 5.32 Å². The highest BCUT2D eigenvalue weighted by molar-refractivity contribution is 7.84. The van der Waals surface area contributed by atoms with Crippen molar-refractivity contribution in [2.24, 2.45) is 0 Å². The van der Waals surface area contributed by atoms with Crippen molar-refractivity contribution in [1.82, 2.24) is 4.98 Å². The van der Waals surface area contributed by atoms with E-state index in [2.05, 4.69) is 10.3 Å². The maximum absolute atomic E-state index is 11.0. The molecule has 0 spiro atoms. The van der Waals surface area contributed by atoms with Gasteiger partial charge in [-0.05, 0) is 19.1 Å². The maximum Gasteiger partial charge on any atom is 0.163 e. The highest BCUT2D eigenvalue weighted by Crippen LogP contribution is 2.12. The lowest BCUT2D eigenvalue weighted by atomic mass is 10.3.